The third-order valence-corrected chi connectivity index (χ3v) is 9.60. The lowest BCUT2D eigenvalue weighted by molar-refractivity contribution is 0.489. The molecule has 1 aliphatic heterocycles. The summed E-state index contributed by atoms with van der Waals surface area (Å²) in [7, 11) is 0. The molecule has 9 aromatic rings. The van der Waals surface area contributed by atoms with Crippen LogP contribution in [0.5, 0.6) is 11.5 Å². The van der Waals surface area contributed by atoms with Crippen LogP contribution in [0.25, 0.3) is 87.2 Å². The van der Waals surface area contributed by atoms with Crippen molar-refractivity contribution in [1.29, 1.82) is 0 Å². The van der Waals surface area contributed by atoms with Crippen LogP contribution in [-0.4, -0.2) is 0 Å². The molecule has 1 aliphatic rings. The van der Waals surface area contributed by atoms with Gasteiger partial charge >= 0.3 is 0 Å². The summed E-state index contributed by atoms with van der Waals surface area (Å²) in [5.41, 5.74) is 7.13. The Hall–Kier alpha value is -5.92. The molecule has 0 atom stereocenters. The Kier molecular flexibility index (Phi) is 5.06. The first-order valence-electron chi connectivity index (χ1n) is 15.5. The molecule has 0 amide bonds. The van der Waals surface area contributed by atoms with Gasteiger partial charge in [-0.25, -0.2) is 0 Å². The van der Waals surface area contributed by atoms with Crippen LogP contribution >= 0.6 is 0 Å². The molecule has 1 heteroatoms. The van der Waals surface area contributed by atoms with E-state index in [2.05, 4.69) is 158 Å². The van der Waals surface area contributed by atoms with Crippen molar-refractivity contribution in [3.63, 3.8) is 0 Å². The van der Waals surface area contributed by atoms with Gasteiger partial charge in [-0.05, 0) is 95.0 Å². The molecule has 9 aromatic carbocycles. The molecule has 45 heavy (non-hydrogen) atoms. The molecule has 10 rings (SSSR count). The minimum absolute atomic E-state index is 0.905. The van der Waals surface area contributed by atoms with Crippen LogP contribution in [-0.2, 0) is 0 Å². The lowest BCUT2D eigenvalue weighted by Gasteiger charge is -2.25. The average Bonchev–Trinajstić information content (AvgIpc) is 3.11. The molecule has 0 aromatic heterocycles. The highest BCUT2D eigenvalue weighted by Gasteiger charge is 2.25. The minimum atomic E-state index is 0.905. The molecular formula is C44H26O. The molecule has 0 spiro atoms. The standard InChI is InChI=1S/C44H26O/c1-2-9-34-27(8-1)16-20-32-25-31(22-23-35(32)34)28-17-18-30-26-33(21-19-29(30)24-28)42-38-12-4-3-10-36(38)39-13-7-14-40-37-11-5-6-15-41(37)45-44(42)43(39)40/h1-26H. The fourth-order valence-corrected chi connectivity index (χ4v) is 7.48. The van der Waals surface area contributed by atoms with Crippen LogP contribution in [0, 0.1) is 0 Å². The van der Waals surface area contributed by atoms with Gasteiger partial charge in [-0.3, -0.25) is 0 Å². The predicted molar refractivity (Wildman–Crippen MR) is 190 cm³/mol. The fourth-order valence-electron chi connectivity index (χ4n) is 7.48. The van der Waals surface area contributed by atoms with Gasteiger partial charge in [-0.2, -0.15) is 0 Å². The van der Waals surface area contributed by atoms with E-state index in [1.54, 1.807) is 0 Å². The lowest BCUT2D eigenvalue weighted by Crippen LogP contribution is -2.00. The van der Waals surface area contributed by atoms with Crippen molar-refractivity contribution in [2.75, 3.05) is 0 Å². The van der Waals surface area contributed by atoms with Gasteiger partial charge < -0.3 is 4.74 Å². The topological polar surface area (TPSA) is 9.23 Å². The van der Waals surface area contributed by atoms with E-state index >= 15 is 0 Å². The summed E-state index contributed by atoms with van der Waals surface area (Å²) in [6.45, 7) is 0. The summed E-state index contributed by atoms with van der Waals surface area (Å²) < 4.78 is 6.79. The Balaban J connectivity index is 1.15. The summed E-state index contributed by atoms with van der Waals surface area (Å²) in [4.78, 5) is 0. The number of hydrogen-bond acceptors (Lipinski definition) is 1. The van der Waals surface area contributed by atoms with E-state index in [0.29, 0.717) is 0 Å². The normalized spacial score (nSPS) is 12.2. The zero-order valence-electron chi connectivity index (χ0n) is 24.4. The Morgan fingerprint density at radius 2 is 0.911 bits per heavy atom. The Morgan fingerprint density at radius 1 is 0.333 bits per heavy atom. The summed E-state index contributed by atoms with van der Waals surface area (Å²) in [6, 6.07) is 57.3. The van der Waals surface area contributed by atoms with E-state index in [1.807, 2.05) is 0 Å². The monoisotopic (exact) mass is 570 g/mol. The first-order valence-corrected chi connectivity index (χ1v) is 15.5. The molecule has 0 unspecified atom stereocenters. The highest BCUT2D eigenvalue weighted by atomic mass is 16.5. The molecule has 208 valence electrons. The second-order valence-electron chi connectivity index (χ2n) is 12.1. The van der Waals surface area contributed by atoms with E-state index in [-0.39, 0.29) is 0 Å². The first-order chi connectivity index (χ1) is 22.3. The van der Waals surface area contributed by atoms with E-state index in [0.717, 1.165) is 28.2 Å². The molecule has 0 fully saturated rings. The van der Waals surface area contributed by atoms with Crippen molar-refractivity contribution < 1.29 is 4.74 Å². The van der Waals surface area contributed by atoms with Crippen LogP contribution in [0.4, 0.5) is 0 Å². The maximum absolute atomic E-state index is 6.79. The smallest absolute Gasteiger partial charge is 0.144 e. The van der Waals surface area contributed by atoms with Crippen molar-refractivity contribution in [2.45, 2.75) is 0 Å². The Labute approximate surface area is 260 Å². The molecule has 0 bridgehead atoms. The van der Waals surface area contributed by atoms with Crippen molar-refractivity contribution in [1.82, 2.24) is 0 Å². The molecular weight excluding hydrogens is 544 g/mol. The van der Waals surface area contributed by atoms with E-state index in [4.69, 9.17) is 4.74 Å². The molecule has 0 saturated heterocycles. The number of benzene rings is 9. The van der Waals surface area contributed by atoms with Crippen LogP contribution in [0.15, 0.2) is 158 Å². The second kappa shape index (κ2) is 9.29. The third-order valence-electron chi connectivity index (χ3n) is 9.60. The van der Waals surface area contributed by atoms with Gasteiger partial charge in [0.1, 0.15) is 11.5 Å². The highest BCUT2D eigenvalue weighted by molar-refractivity contribution is 6.22. The SMILES string of the molecule is c1ccc2c(c1)Oc1c(-c3ccc4cc(-c5ccc6c(ccc7ccccc76)c5)ccc4c3)c3ccccc3c3cccc-2c13. The lowest BCUT2D eigenvalue weighted by atomic mass is 9.86. The summed E-state index contributed by atoms with van der Waals surface area (Å²) >= 11 is 0. The maximum atomic E-state index is 6.79. The van der Waals surface area contributed by atoms with Crippen molar-refractivity contribution >= 4 is 53.9 Å². The van der Waals surface area contributed by atoms with Crippen LogP contribution in [0.2, 0.25) is 0 Å². The van der Waals surface area contributed by atoms with Gasteiger partial charge in [0.25, 0.3) is 0 Å². The third kappa shape index (κ3) is 3.62. The van der Waals surface area contributed by atoms with Gasteiger partial charge in [0.05, 0.1) is 0 Å². The van der Waals surface area contributed by atoms with Gasteiger partial charge in [-0.15, -0.1) is 0 Å². The van der Waals surface area contributed by atoms with E-state index < -0.39 is 0 Å². The number of hydrogen-bond donors (Lipinski definition) is 0. The van der Waals surface area contributed by atoms with Crippen LogP contribution in [0.3, 0.4) is 0 Å². The first kappa shape index (κ1) is 24.5. The van der Waals surface area contributed by atoms with Gasteiger partial charge in [0, 0.05) is 16.5 Å². The number of fused-ring (bicyclic) bond motifs is 8. The molecule has 0 radical (unpaired) electrons. The number of rotatable bonds is 2. The predicted octanol–water partition coefficient (Wildman–Crippen LogP) is 12.6. The van der Waals surface area contributed by atoms with Crippen molar-refractivity contribution in [2.24, 2.45) is 0 Å². The summed E-state index contributed by atoms with van der Waals surface area (Å²) in [5.74, 6) is 1.85. The van der Waals surface area contributed by atoms with Gasteiger partial charge in [-0.1, -0.05) is 133 Å². The number of ether oxygens (including phenoxy) is 1. The second-order valence-corrected chi connectivity index (χ2v) is 12.1. The summed E-state index contributed by atoms with van der Waals surface area (Å²) in [5, 5.41) is 12.4. The highest BCUT2D eigenvalue weighted by Crippen LogP contribution is 2.53. The molecule has 0 saturated carbocycles. The zero-order chi connectivity index (χ0) is 29.5. The van der Waals surface area contributed by atoms with Crippen molar-refractivity contribution in [3.8, 4) is 44.9 Å². The maximum Gasteiger partial charge on any atom is 0.144 e. The minimum Gasteiger partial charge on any atom is -0.455 e. The largest absolute Gasteiger partial charge is 0.455 e. The Morgan fingerprint density at radius 3 is 1.80 bits per heavy atom. The van der Waals surface area contributed by atoms with E-state index in [9.17, 15) is 0 Å². The molecule has 0 N–H and O–H groups in total. The molecule has 1 heterocycles. The van der Waals surface area contributed by atoms with Crippen LogP contribution < -0.4 is 4.74 Å². The summed E-state index contributed by atoms with van der Waals surface area (Å²) in [6.07, 6.45) is 0. The molecule has 0 aliphatic carbocycles. The Bertz CT molecular complexity index is 2680. The van der Waals surface area contributed by atoms with E-state index in [1.165, 1.54) is 70.6 Å². The zero-order valence-corrected chi connectivity index (χ0v) is 24.4. The van der Waals surface area contributed by atoms with Crippen molar-refractivity contribution in [3.05, 3.63) is 158 Å². The quantitative estimate of drug-likeness (QED) is 0.188. The van der Waals surface area contributed by atoms with Gasteiger partial charge in [0.2, 0.25) is 0 Å². The average molecular weight is 571 g/mol. The molecule has 1 nitrogen and oxygen atoms in total. The fraction of sp³-hybridized carbons (Fsp3) is 0. The van der Waals surface area contributed by atoms with Crippen LogP contribution in [0.1, 0.15) is 0 Å². The van der Waals surface area contributed by atoms with Gasteiger partial charge in [0.15, 0.2) is 0 Å². The number of para-hydroxylation sites is 1.